The lowest BCUT2D eigenvalue weighted by atomic mass is 10.1. The number of aromatic nitrogens is 4. The number of hydrogen-bond donors (Lipinski definition) is 1. The third-order valence-electron chi connectivity index (χ3n) is 6.36. The van der Waals surface area contributed by atoms with Crippen molar-refractivity contribution in [1.82, 2.24) is 29.4 Å². The lowest BCUT2D eigenvalue weighted by Crippen LogP contribution is -2.42. The van der Waals surface area contributed by atoms with Gasteiger partial charge in [-0.3, -0.25) is 10.00 Å². The zero-order valence-corrected chi connectivity index (χ0v) is 21.1. The molecule has 0 aliphatic carbocycles. The van der Waals surface area contributed by atoms with Crippen LogP contribution in [0.5, 0.6) is 0 Å². The summed E-state index contributed by atoms with van der Waals surface area (Å²) in [5, 5.41) is 8.31. The van der Waals surface area contributed by atoms with Gasteiger partial charge in [0.05, 0.1) is 42.3 Å². The van der Waals surface area contributed by atoms with Crippen LogP contribution in [0.2, 0.25) is 0 Å². The molecular formula is C23H27N7O3S2. The Hall–Kier alpha value is -2.32. The van der Waals surface area contributed by atoms with E-state index in [1.165, 1.54) is 24.2 Å². The van der Waals surface area contributed by atoms with Crippen molar-refractivity contribution in [2.24, 2.45) is 0 Å². The minimum absolute atomic E-state index is 0.714. The van der Waals surface area contributed by atoms with Gasteiger partial charge in [-0.25, -0.2) is 19.2 Å². The maximum absolute atomic E-state index is 5.61. The minimum atomic E-state index is 0.714. The standard InChI is InChI=1S/C23H27N7O3S2/c1-31-33-35-30-7-5-28(6-8-30)15-16-13-20-21(34-16)23(29-9-11-32-12-10-29)26-22(25-20)17-3-2-4-19-18(17)14-24-27-19/h2-4,13-14H,5-12,15H2,1H3,(H,24,27). The zero-order chi connectivity index (χ0) is 23.6. The fraction of sp³-hybridized carbons (Fsp3) is 0.435. The first-order chi connectivity index (χ1) is 17.3. The van der Waals surface area contributed by atoms with Gasteiger partial charge in [-0.1, -0.05) is 12.1 Å². The van der Waals surface area contributed by atoms with Gasteiger partial charge in [-0.15, -0.1) is 15.7 Å². The number of ether oxygens (including phenoxy) is 1. The normalized spacial score (nSPS) is 18.1. The molecule has 5 heterocycles. The summed E-state index contributed by atoms with van der Waals surface area (Å²) in [4.78, 5) is 20.9. The van der Waals surface area contributed by atoms with Crippen LogP contribution in [0.3, 0.4) is 0 Å². The second kappa shape index (κ2) is 10.3. The van der Waals surface area contributed by atoms with E-state index in [-0.39, 0.29) is 0 Å². The van der Waals surface area contributed by atoms with E-state index in [9.17, 15) is 0 Å². The SMILES string of the molecule is COOSN1CCN(Cc2cc3nc(-c4cccc5[nH]ncc45)nc(N4CCOCC4)c3s2)CC1. The summed E-state index contributed by atoms with van der Waals surface area (Å²) in [6, 6.07) is 8.35. The number of aromatic amines is 1. The van der Waals surface area contributed by atoms with E-state index in [0.717, 1.165) is 84.1 Å². The number of piperazine rings is 1. The average Bonchev–Trinajstić information content (AvgIpc) is 3.55. The van der Waals surface area contributed by atoms with Gasteiger partial charge in [0.2, 0.25) is 0 Å². The average molecular weight is 514 g/mol. The molecule has 2 saturated heterocycles. The van der Waals surface area contributed by atoms with Crippen LogP contribution in [0, 0.1) is 0 Å². The van der Waals surface area contributed by atoms with E-state index in [4.69, 9.17) is 23.9 Å². The molecule has 0 atom stereocenters. The molecule has 0 unspecified atom stereocenters. The van der Waals surface area contributed by atoms with Crippen LogP contribution < -0.4 is 4.90 Å². The van der Waals surface area contributed by atoms with Gasteiger partial charge in [-0.05, 0) is 12.1 Å². The molecule has 1 N–H and O–H groups in total. The molecule has 0 amide bonds. The Labute approximate surface area is 211 Å². The summed E-state index contributed by atoms with van der Waals surface area (Å²) in [6.07, 6.45) is 1.85. The van der Waals surface area contributed by atoms with E-state index in [2.05, 4.69) is 36.4 Å². The van der Waals surface area contributed by atoms with Crippen LogP contribution in [-0.2, 0) is 20.5 Å². The largest absolute Gasteiger partial charge is 0.378 e. The Balaban J connectivity index is 1.32. The van der Waals surface area contributed by atoms with Crippen molar-refractivity contribution in [1.29, 1.82) is 0 Å². The summed E-state index contributed by atoms with van der Waals surface area (Å²) in [5.74, 6) is 1.74. The highest BCUT2D eigenvalue weighted by molar-refractivity contribution is 7.92. The monoisotopic (exact) mass is 513 g/mol. The van der Waals surface area contributed by atoms with Crippen LogP contribution in [0.4, 0.5) is 5.82 Å². The molecule has 35 heavy (non-hydrogen) atoms. The maximum Gasteiger partial charge on any atom is 0.162 e. The molecule has 6 rings (SSSR count). The Morgan fingerprint density at radius 1 is 1.11 bits per heavy atom. The first kappa shape index (κ1) is 23.1. The van der Waals surface area contributed by atoms with Crippen LogP contribution in [0.25, 0.3) is 32.5 Å². The number of rotatable bonds is 7. The molecule has 0 spiro atoms. The van der Waals surface area contributed by atoms with E-state index in [1.54, 1.807) is 11.3 Å². The highest BCUT2D eigenvalue weighted by Crippen LogP contribution is 2.36. The number of nitrogens with zero attached hydrogens (tertiary/aromatic N) is 6. The van der Waals surface area contributed by atoms with Gasteiger partial charge in [0.15, 0.2) is 11.6 Å². The van der Waals surface area contributed by atoms with Gasteiger partial charge in [0.1, 0.15) is 12.2 Å². The number of thiophene rings is 1. The highest BCUT2D eigenvalue weighted by Gasteiger charge is 2.23. The van der Waals surface area contributed by atoms with Gasteiger partial charge in [-0.2, -0.15) is 5.10 Å². The number of nitrogens with one attached hydrogen (secondary N) is 1. The Morgan fingerprint density at radius 2 is 1.97 bits per heavy atom. The third-order valence-corrected chi connectivity index (χ3v) is 8.23. The van der Waals surface area contributed by atoms with E-state index in [1.807, 2.05) is 18.3 Å². The molecule has 0 saturated carbocycles. The van der Waals surface area contributed by atoms with Crippen LogP contribution in [0.1, 0.15) is 4.88 Å². The number of morpholine rings is 1. The third kappa shape index (κ3) is 4.87. The minimum Gasteiger partial charge on any atom is -0.378 e. The van der Waals surface area contributed by atoms with Crippen molar-refractivity contribution in [2.75, 3.05) is 64.5 Å². The summed E-state index contributed by atoms with van der Waals surface area (Å²) in [5.41, 5.74) is 2.98. The number of hydrogen-bond acceptors (Lipinski definition) is 11. The lowest BCUT2D eigenvalue weighted by molar-refractivity contribution is -0.164. The van der Waals surface area contributed by atoms with Crippen molar-refractivity contribution in [3.63, 3.8) is 0 Å². The zero-order valence-electron chi connectivity index (χ0n) is 19.5. The number of fused-ring (bicyclic) bond motifs is 2. The Kier molecular flexibility index (Phi) is 6.83. The number of benzene rings is 1. The number of H-pyrrole nitrogens is 1. The van der Waals surface area contributed by atoms with E-state index < -0.39 is 0 Å². The maximum atomic E-state index is 5.61. The topological polar surface area (TPSA) is 91.9 Å². The molecule has 2 aliphatic rings. The summed E-state index contributed by atoms with van der Waals surface area (Å²) < 4.78 is 13.9. The Bertz CT molecular complexity index is 1300. The van der Waals surface area contributed by atoms with Gasteiger partial charge in [0, 0.05) is 61.6 Å². The van der Waals surface area contributed by atoms with E-state index >= 15 is 0 Å². The molecular weight excluding hydrogens is 486 g/mol. The van der Waals surface area contributed by atoms with Gasteiger partial charge >= 0.3 is 0 Å². The summed E-state index contributed by atoms with van der Waals surface area (Å²) in [6.45, 7) is 7.80. The molecule has 184 valence electrons. The fourth-order valence-electron chi connectivity index (χ4n) is 4.57. The predicted molar refractivity (Wildman–Crippen MR) is 138 cm³/mol. The smallest absolute Gasteiger partial charge is 0.162 e. The lowest BCUT2D eigenvalue weighted by Gasteiger charge is -2.32. The molecule has 2 aliphatic heterocycles. The quantitative estimate of drug-likeness (QED) is 0.172. The number of anilines is 1. The van der Waals surface area contributed by atoms with Crippen molar-refractivity contribution in [2.45, 2.75) is 6.54 Å². The van der Waals surface area contributed by atoms with Gasteiger partial charge < -0.3 is 9.64 Å². The summed E-state index contributed by atoms with van der Waals surface area (Å²) in [7, 11) is 1.53. The van der Waals surface area contributed by atoms with Crippen molar-refractivity contribution in [3.05, 3.63) is 35.3 Å². The van der Waals surface area contributed by atoms with E-state index in [0.29, 0.717) is 13.2 Å². The van der Waals surface area contributed by atoms with Crippen molar-refractivity contribution < 1.29 is 14.0 Å². The second-order valence-electron chi connectivity index (χ2n) is 8.55. The fourth-order valence-corrected chi connectivity index (χ4v) is 6.19. The molecule has 0 radical (unpaired) electrons. The van der Waals surface area contributed by atoms with Crippen LogP contribution >= 0.6 is 23.6 Å². The van der Waals surface area contributed by atoms with Gasteiger partial charge in [0.25, 0.3) is 0 Å². The molecule has 10 nitrogen and oxygen atoms in total. The Morgan fingerprint density at radius 3 is 2.80 bits per heavy atom. The summed E-state index contributed by atoms with van der Waals surface area (Å²) >= 11 is 3.08. The van der Waals surface area contributed by atoms with Crippen molar-refractivity contribution >= 4 is 50.5 Å². The molecule has 4 aromatic rings. The van der Waals surface area contributed by atoms with Crippen molar-refractivity contribution in [3.8, 4) is 11.4 Å². The molecule has 0 bridgehead atoms. The predicted octanol–water partition coefficient (Wildman–Crippen LogP) is 3.33. The first-order valence-electron chi connectivity index (χ1n) is 11.7. The first-order valence-corrected chi connectivity index (χ1v) is 13.2. The molecule has 12 heteroatoms. The van der Waals surface area contributed by atoms with Crippen LogP contribution in [0.15, 0.2) is 30.5 Å². The molecule has 1 aromatic carbocycles. The second-order valence-corrected chi connectivity index (χ2v) is 10.5. The molecule has 3 aromatic heterocycles. The highest BCUT2D eigenvalue weighted by atomic mass is 32.2. The molecule has 2 fully saturated rings. The van der Waals surface area contributed by atoms with Crippen LogP contribution in [-0.4, -0.2) is 89.0 Å².